The van der Waals surface area contributed by atoms with Crippen molar-refractivity contribution in [3.05, 3.63) is 83.8 Å². The van der Waals surface area contributed by atoms with Gasteiger partial charge in [0.15, 0.2) is 0 Å². The maximum absolute atomic E-state index is 13.8. The quantitative estimate of drug-likeness (QED) is 0.666. The zero-order chi connectivity index (χ0) is 22.5. The van der Waals surface area contributed by atoms with Gasteiger partial charge in [0, 0.05) is 31.7 Å². The van der Waals surface area contributed by atoms with E-state index in [0.717, 1.165) is 5.82 Å². The third-order valence-corrected chi connectivity index (χ3v) is 5.33. The smallest absolute Gasteiger partial charge is 0.258 e. The number of amides is 2. The summed E-state index contributed by atoms with van der Waals surface area (Å²) in [5.74, 6) is 0.282. The predicted molar refractivity (Wildman–Crippen MR) is 120 cm³/mol. The van der Waals surface area contributed by atoms with Crippen LogP contribution in [0.25, 0.3) is 0 Å². The Kier molecular flexibility index (Phi) is 6.30. The van der Waals surface area contributed by atoms with Gasteiger partial charge in [0.05, 0.1) is 24.6 Å². The van der Waals surface area contributed by atoms with Crippen molar-refractivity contribution in [2.45, 2.75) is 0 Å². The zero-order valence-corrected chi connectivity index (χ0v) is 17.6. The van der Waals surface area contributed by atoms with Crippen LogP contribution >= 0.6 is 0 Å². The first-order chi connectivity index (χ1) is 15.5. The fourth-order valence-corrected chi connectivity index (χ4v) is 3.57. The van der Waals surface area contributed by atoms with Crippen molar-refractivity contribution in [3.63, 3.8) is 0 Å². The van der Waals surface area contributed by atoms with Crippen LogP contribution in [0.1, 0.15) is 20.7 Å². The zero-order valence-electron chi connectivity index (χ0n) is 17.6. The van der Waals surface area contributed by atoms with E-state index in [1.54, 1.807) is 49.7 Å². The lowest BCUT2D eigenvalue weighted by Crippen LogP contribution is -2.49. The van der Waals surface area contributed by atoms with Crippen molar-refractivity contribution < 1.29 is 18.7 Å². The van der Waals surface area contributed by atoms with Gasteiger partial charge in [0.2, 0.25) is 0 Å². The Balaban J connectivity index is 1.34. The molecular formula is C24H23FN4O3. The summed E-state index contributed by atoms with van der Waals surface area (Å²) in [4.78, 5) is 33.3. The van der Waals surface area contributed by atoms with Gasteiger partial charge in [-0.3, -0.25) is 9.59 Å². The fourth-order valence-electron chi connectivity index (χ4n) is 3.57. The summed E-state index contributed by atoms with van der Waals surface area (Å²) >= 11 is 0. The van der Waals surface area contributed by atoms with Gasteiger partial charge in [0.1, 0.15) is 17.4 Å². The molecule has 1 aliphatic heterocycles. The van der Waals surface area contributed by atoms with Gasteiger partial charge in [-0.25, -0.2) is 9.37 Å². The standard InChI is InChI=1S/C24H23FN4O3/c1-32-19-6-4-5-17(15-19)24(31)29-13-11-28(12-14-29)22-10-9-18(16-26-22)27-23(30)20-7-2-3-8-21(20)25/h2-10,15-16H,11-14H2,1H3,(H,27,30). The van der Waals surface area contributed by atoms with E-state index in [0.29, 0.717) is 43.2 Å². The summed E-state index contributed by atoms with van der Waals surface area (Å²) in [6.45, 7) is 2.43. The molecule has 1 aliphatic rings. The van der Waals surface area contributed by atoms with Gasteiger partial charge in [-0.15, -0.1) is 0 Å². The van der Waals surface area contributed by atoms with Gasteiger partial charge >= 0.3 is 0 Å². The average molecular weight is 434 g/mol. The number of piperazine rings is 1. The third kappa shape index (κ3) is 4.69. The summed E-state index contributed by atoms with van der Waals surface area (Å²) in [5, 5.41) is 2.66. The van der Waals surface area contributed by atoms with Crippen molar-refractivity contribution in [2.24, 2.45) is 0 Å². The lowest BCUT2D eigenvalue weighted by atomic mass is 10.1. The summed E-state index contributed by atoms with van der Waals surface area (Å²) < 4.78 is 19.0. The van der Waals surface area contributed by atoms with Gasteiger partial charge in [-0.05, 0) is 42.5 Å². The van der Waals surface area contributed by atoms with E-state index in [1.807, 2.05) is 11.0 Å². The van der Waals surface area contributed by atoms with Gasteiger partial charge in [-0.2, -0.15) is 0 Å². The van der Waals surface area contributed by atoms with Crippen molar-refractivity contribution in [3.8, 4) is 5.75 Å². The molecule has 1 aromatic heterocycles. The molecule has 1 N–H and O–H groups in total. The van der Waals surface area contributed by atoms with E-state index in [1.165, 1.54) is 18.2 Å². The number of rotatable bonds is 5. The maximum atomic E-state index is 13.8. The molecule has 7 nitrogen and oxygen atoms in total. The third-order valence-electron chi connectivity index (χ3n) is 5.33. The summed E-state index contributed by atoms with van der Waals surface area (Å²) in [7, 11) is 1.58. The number of carbonyl (C=O) groups excluding carboxylic acids is 2. The molecule has 164 valence electrons. The minimum absolute atomic E-state index is 0.0200. The number of halogens is 1. The van der Waals surface area contributed by atoms with Gasteiger partial charge in [-0.1, -0.05) is 18.2 Å². The highest BCUT2D eigenvalue weighted by atomic mass is 19.1. The highest BCUT2D eigenvalue weighted by Gasteiger charge is 2.23. The molecule has 2 heterocycles. The van der Waals surface area contributed by atoms with Crippen LogP contribution in [0, 0.1) is 5.82 Å². The van der Waals surface area contributed by atoms with E-state index in [4.69, 9.17) is 4.74 Å². The molecule has 4 rings (SSSR count). The number of nitrogens with zero attached hydrogens (tertiary/aromatic N) is 3. The highest BCUT2D eigenvalue weighted by molar-refractivity contribution is 6.04. The molecule has 0 spiro atoms. The topological polar surface area (TPSA) is 74.8 Å². The number of aromatic nitrogens is 1. The number of anilines is 2. The van der Waals surface area contributed by atoms with Gasteiger partial charge in [0.25, 0.3) is 11.8 Å². The number of pyridine rings is 1. The number of hydrogen-bond donors (Lipinski definition) is 1. The van der Waals surface area contributed by atoms with Crippen LogP contribution in [0.2, 0.25) is 0 Å². The number of nitrogens with one attached hydrogen (secondary N) is 1. The van der Waals surface area contributed by atoms with Crippen LogP contribution in [0.5, 0.6) is 5.75 Å². The Morgan fingerprint density at radius 3 is 2.47 bits per heavy atom. The summed E-state index contributed by atoms with van der Waals surface area (Å²) in [6.07, 6.45) is 1.54. The lowest BCUT2D eigenvalue weighted by molar-refractivity contribution is 0.0746. The van der Waals surface area contributed by atoms with E-state index in [-0.39, 0.29) is 11.5 Å². The van der Waals surface area contributed by atoms with Crippen molar-refractivity contribution >= 4 is 23.3 Å². The molecule has 1 fully saturated rings. The van der Waals surface area contributed by atoms with Crippen molar-refractivity contribution in [2.75, 3.05) is 43.5 Å². The van der Waals surface area contributed by atoms with Crippen molar-refractivity contribution in [1.82, 2.24) is 9.88 Å². The Morgan fingerprint density at radius 1 is 1.00 bits per heavy atom. The number of ether oxygens (including phenoxy) is 1. The van der Waals surface area contributed by atoms with Crippen LogP contribution in [0.15, 0.2) is 66.9 Å². The molecule has 2 aromatic carbocycles. The normalized spacial score (nSPS) is 13.6. The van der Waals surface area contributed by atoms with Crippen molar-refractivity contribution in [1.29, 1.82) is 0 Å². The summed E-state index contributed by atoms with van der Waals surface area (Å²) in [5.41, 5.74) is 1.06. The van der Waals surface area contributed by atoms with E-state index < -0.39 is 11.7 Å². The molecular weight excluding hydrogens is 411 g/mol. The van der Waals surface area contributed by atoms with Crippen LogP contribution in [-0.2, 0) is 0 Å². The lowest BCUT2D eigenvalue weighted by Gasteiger charge is -2.35. The van der Waals surface area contributed by atoms with Crippen LogP contribution in [-0.4, -0.2) is 55.0 Å². The molecule has 0 atom stereocenters. The molecule has 0 radical (unpaired) electrons. The number of hydrogen-bond acceptors (Lipinski definition) is 5. The predicted octanol–water partition coefficient (Wildman–Crippen LogP) is 3.44. The second kappa shape index (κ2) is 9.47. The second-order valence-electron chi connectivity index (χ2n) is 7.35. The average Bonchev–Trinajstić information content (AvgIpc) is 2.84. The second-order valence-corrected chi connectivity index (χ2v) is 7.35. The first-order valence-corrected chi connectivity index (χ1v) is 10.3. The van der Waals surface area contributed by atoms with E-state index in [9.17, 15) is 14.0 Å². The Morgan fingerprint density at radius 2 is 1.78 bits per heavy atom. The molecule has 0 aliphatic carbocycles. The van der Waals surface area contributed by atoms with Crippen LogP contribution < -0.4 is 15.0 Å². The molecule has 0 saturated carbocycles. The monoisotopic (exact) mass is 434 g/mol. The largest absolute Gasteiger partial charge is 0.497 e. The molecule has 3 aromatic rings. The van der Waals surface area contributed by atoms with Gasteiger partial charge < -0.3 is 19.9 Å². The highest BCUT2D eigenvalue weighted by Crippen LogP contribution is 2.19. The number of carbonyl (C=O) groups is 2. The molecule has 0 bridgehead atoms. The van der Waals surface area contributed by atoms with Crippen LogP contribution in [0.4, 0.5) is 15.9 Å². The first kappa shape index (κ1) is 21.3. The Hall–Kier alpha value is -3.94. The molecule has 1 saturated heterocycles. The Bertz CT molecular complexity index is 1110. The SMILES string of the molecule is COc1cccc(C(=O)N2CCN(c3ccc(NC(=O)c4ccccc4F)cn3)CC2)c1. The molecule has 8 heteroatoms. The molecule has 2 amide bonds. The maximum Gasteiger partial charge on any atom is 0.258 e. The fraction of sp³-hybridized carbons (Fsp3) is 0.208. The molecule has 0 unspecified atom stereocenters. The van der Waals surface area contributed by atoms with E-state index >= 15 is 0 Å². The van der Waals surface area contributed by atoms with Crippen LogP contribution in [0.3, 0.4) is 0 Å². The first-order valence-electron chi connectivity index (χ1n) is 10.3. The Labute approximate surface area is 185 Å². The minimum atomic E-state index is -0.573. The number of benzene rings is 2. The number of methoxy groups -OCH3 is 1. The molecule has 32 heavy (non-hydrogen) atoms. The summed E-state index contributed by atoms with van der Waals surface area (Å²) in [6, 6.07) is 16.5. The van der Waals surface area contributed by atoms with E-state index in [2.05, 4.69) is 15.2 Å². The minimum Gasteiger partial charge on any atom is -0.497 e.